The van der Waals surface area contributed by atoms with Gasteiger partial charge in [0.05, 0.1) is 0 Å². The van der Waals surface area contributed by atoms with Gasteiger partial charge in [0.2, 0.25) is 0 Å². The average Bonchev–Trinajstić information content (AvgIpc) is 0.811. The molecule has 0 bridgehead atoms. The predicted octanol–water partition coefficient (Wildman–Crippen LogP) is -0.377. The van der Waals surface area contributed by atoms with E-state index in [0.29, 0.717) is 0 Å². The first-order valence-corrected chi connectivity index (χ1v) is 0.716. The van der Waals surface area contributed by atoms with Gasteiger partial charge in [-0.15, -0.1) is 0 Å². The van der Waals surface area contributed by atoms with Gasteiger partial charge in [-0.25, -0.2) is 4.79 Å². The molecule has 0 saturated carbocycles. The number of hydrogen-bond acceptors (Lipinski definition) is 1. The summed E-state index contributed by atoms with van der Waals surface area (Å²) in [6, 6.07) is 0. The van der Waals surface area contributed by atoms with Crippen LogP contribution in [0.15, 0.2) is 0 Å². The molecule has 0 aromatic rings. The van der Waals surface area contributed by atoms with E-state index < -0.39 is 6.09 Å². The first kappa shape index (κ1) is 9.17. The van der Waals surface area contributed by atoms with Crippen LogP contribution in [0.3, 0.4) is 0 Å². The van der Waals surface area contributed by atoms with E-state index >= 15 is 0 Å². The van der Waals surface area contributed by atoms with E-state index in [1.165, 1.54) is 0 Å². The second-order valence-corrected chi connectivity index (χ2v) is 0.338. The van der Waals surface area contributed by atoms with Gasteiger partial charge in [-0.3, -0.25) is 0 Å². The molecule has 0 aliphatic carbocycles. The van der Waals surface area contributed by atoms with Crippen molar-refractivity contribution in [2.45, 2.75) is 0 Å². The molecule has 3 N–H and O–H groups in total. The standard InChI is InChI=1S/CH3NO2.Ce/c2-1(3)4;/h2H2,(H,3,4);. The maximum Gasteiger partial charge on any atom is 0.402 e. The van der Waals surface area contributed by atoms with Crippen LogP contribution in [0.1, 0.15) is 0 Å². The number of carboxylic acid groups (broad SMARTS) is 1. The molecular weight excluding hydrogens is 198 g/mol. The zero-order valence-corrected chi connectivity index (χ0v) is 5.57. The second-order valence-electron chi connectivity index (χ2n) is 0.338. The summed E-state index contributed by atoms with van der Waals surface area (Å²) >= 11 is 0. The van der Waals surface area contributed by atoms with Crippen LogP contribution in [-0.2, 0) is 0 Å². The molecule has 3 nitrogen and oxygen atoms in total. The Kier molecular flexibility index (Phi) is 8.52. The molecule has 5 heavy (non-hydrogen) atoms. The van der Waals surface area contributed by atoms with Crippen LogP contribution in [0, 0.1) is 41.7 Å². The first-order valence-electron chi connectivity index (χ1n) is 0.716. The van der Waals surface area contributed by atoms with Crippen molar-refractivity contribution in [1.82, 2.24) is 0 Å². The van der Waals surface area contributed by atoms with Crippen LogP contribution in [0.5, 0.6) is 0 Å². The molecule has 0 aliphatic heterocycles. The number of amides is 1. The van der Waals surface area contributed by atoms with Crippen molar-refractivity contribution in [1.29, 1.82) is 0 Å². The number of rotatable bonds is 0. The molecule has 0 fully saturated rings. The van der Waals surface area contributed by atoms with E-state index in [1.54, 1.807) is 0 Å². The molecule has 4 heteroatoms. The third-order valence-corrected chi connectivity index (χ3v) is 0. The minimum Gasteiger partial charge on any atom is -0.465 e. The fraction of sp³-hybridized carbons (Fsp3) is 0. The third kappa shape index (κ3) is 77.8. The van der Waals surface area contributed by atoms with Gasteiger partial charge < -0.3 is 10.8 Å². The number of nitrogens with two attached hydrogens (primary N) is 1. The first-order chi connectivity index (χ1) is 1.73. The molecule has 0 rings (SSSR count). The fourth-order valence-electron chi connectivity index (χ4n) is 0. The Morgan fingerprint density at radius 2 is 1.80 bits per heavy atom. The summed E-state index contributed by atoms with van der Waals surface area (Å²) in [5, 5.41) is 7.19. The monoisotopic (exact) mass is 201 g/mol. The van der Waals surface area contributed by atoms with Crippen LogP contribution < -0.4 is 5.73 Å². The topological polar surface area (TPSA) is 63.3 Å². The molecule has 0 spiro atoms. The summed E-state index contributed by atoms with van der Waals surface area (Å²) in [7, 11) is 0. The Labute approximate surface area is 62.9 Å². The summed E-state index contributed by atoms with van der Waals surface area (Å²) in [6.07, 6.45) is -1.33. The maximum atomic E-state index is 8.78. The Morgan fingerprint density at radius 3 is 1.80 bits per heavy atom. The van der Waals surface area contributed by atoms with Crippen LogP contribution in [-0.4, -0.2) is 11.2 Å². The van der Waals surface area contributed by atoms with Gasteiger partial charge in [0.1, 0.15) is 0 Å². The Balaban J connectivity index is 0. The number of primary amides is 1. The van der Waals surface area contributed by atoms with Gasteiger partial charge in [-0.1, -0.05) is 0 Å². The Hall–Kier alpha value is 0.647. The number of carbonyl (C=O) groups is 1. The van der Waals surface area contributed by atoms with Crippen molar-refractivity contribution >= 4 is 6.09 Å². The molecule has 0 aromatic heterocycles. The van der Waals surface area contributed by atoms with Crippen LogP contribution >= 0.6 is 0 Å². The van der Waals surface area contributed by atoms with E-state index in [2.05, 4.69) is 5.73 Å². The van der Waals surface area contributed by atoms with E-state index in [0.717, 1.165) is 0 Å². The van der Waals surface area contributed by atoms with Crippen molar-refractivity contribution < 1.29 is 51.6 Å². The van der Waals surface area contributed by atoms with Gasteiger partial charge in [-0.05, 0) is 0 Å². The molecule has 28 valence electrons. The fourth-order valence-corrected chi connectivity index (χ4v) is 0. The Bertz CT molecular complexity index is 32.6. The minimum atomic E-state index is -1.33. The minimum absolute atomic E-state index is 0. The summed E-state index contributed by atoms with van der Waals surface area (Å²) in [4.78, 5) is 8.78. The molecule has 0 aromatic carbocycles. The van der Waals surface area contributed by atoms with Crippen LogP contribution in [0.4, 0.5) is 4.79 Å². The molecule has 0 aliphatic rings. The summed E-state index contributed by atoms with van der Waals surface area (Å²) in [6.45, 7) is 0. The Morgan fingerprint density at radius 1 is 1.80 bits per heavy atom. The van der Waals surface area contributed by atoms with Crippen molar-refractivity contribution in [2.75, 3.05) is 0 Å². The normalized spacial score (nSPS) is 4.80. The van der Waals surface area contributed by atoms with Crippen LogP contribution in [0.2, 0.25) is 0 Å². The SMILES string of the molecule is NC(=O)O.[Ce]. The number of hydrogen-bond donors (Lipinski definition) is 2. The van der Waals surface area contributed by atoms with Crippen molar-refractivity contribution in [3.05, 3.63) is 0 Å². The quantitative estimate of drug-likeness (QED) is 0.561. The van der Waals surface area contributed by atoms with Gasteiger partial charge >= 0.3 is 6.09 Å². The molecule has 0 radical (unpaired) electrons. The van der Waals surface area contributed by atoms with Crippen molar-refractivity contribution in [3.8, 4) is 0 Å². The molecule has 0 heterocycles. The molecule has 0 unspecified atom stereocenters. The summed E-state index contributed by atoms with van der Waals surface area (Å²) < 4.78 is 0. The largest absolute Gasteiger partial charge is 0.465 e. The third-order valence-electron chi connectivity index (χ3n) is 0. The van der Waals surface area contributed by atoms with E-state index in [-0.39, 0.29) is 41.7 Å². The zero-order chi connectivity index (χ0) is 3.58. The second kappa shape index (κ2) is 4.65. The summed E-state index contributed by atoms with van der Waals surface area (Å²) in [5.41, 5.74) is 4.03. The molecule has 1 amide bonds. The molecule has 0 atom stereocenters. The molecule has 0 saturated heterocycles. The van der Waals surface area contributed by atoms with Gasteiger partial charge in [0.15, 0.2) is 0 Å². The van der Waals surface area contributed by atoms with Gasteiger partial charge in [0, 0.05) is 41.7 Å². The van der Waals surface area contributed by atoms with Gasteiger partial charge in [-0.2, -0.15) is 0 Å². The molecular formula is CH3CeNO2. The van der Waals surface area contributed by atoms with Crippen LogP contribution in [0.25, 0.3) is 0 Å². The van der Waals surface area contributed by atoms with E-state index in [4.69, 9.17) is 9.90 Å². The smallest absolute Gasteiger partial charge is 0.402 e. The van der Waals surface area contributed by atoms with Crippen molar-refractivity contribution in [2.24, 2.45) is 5.73 Å². The average molecular weight is 201 g/mol. The van der Waals surface area contributed by atoms with E-state index in [9.17, 15) is 0 Å². The van der Waals surface area contributed by atoms with Crippen molar-refractivity contribution in [3.63, 3.8) is 0 Å². The van der Waals surface area contributed by atoms with Gasteiger partial charge in [0.25, 0.3) is 0 Å². The maximum absolute atomic E-state index is 8.78. The zero-order valence-electron chi connectivity index (χ0n) is 2.43. The van der Waals surface area contributed by atoms with E-state index in [1.807, 2.05) is 0 Å². The predicted molar refractivity (Wildman–Crippen MR) is 12.2 cm³/mol. The summed E-state index contributed by atoms with van der Waals surface area (Å²) in [5.74, 6) is 0.